The highest BCUT2D eigenvalue weighted by molar-refractivity contribution is 5.76. The summed E-state index contributed by atoms with van der Waals surface area (Å²) in [6.07, 6.45) is 6.08. The van der Waals surface area contributed by atoms with Crippen LogP contribution in [0.1, 0.15) is 65.2 Å². The number of ketones is 2. The van der Waals surface area contributed by atoms with Crippen molar-refractivity contribution in [2.45, 2.75) is 65.2 Å². The fourth-order valence-corrected chi connectivity index (χ4v) is 1.65. The molecule has 0 aliphatic rings. The summed E-state index contributed by atoms with van der Waals surface area (Å²) in [6, 6.07) is 0. The Kier molecular flexibility index (Phi) is 10.2. The van der Waals surface area contributed by atoms with Crippen molar-refractivity contribution in [1.82, 2.24) is 5.32 Å². The molecule has 1 N–H and O–H groups in total. The first kappa shape index (κ1) is 16.8. The number of Topliss-reactive ketones (excluding diaryl/α,β-unsaturated/α-hetero) is 2. The number of nitrogens with one attached hydrogen (secondary N) is 1. The lowest BCUT2D eigenvalue weighted by atomic mass is 10.1. The van der Waals surface area contributed by atoms with Crippen LogP contribution in [0.15, 0.2) is 0 Å². The summed E-state index contributed by atoms with van der Waals surface area (Å²) in [5.41, 5.74) is 0. The van der Waals surface area contributed by atoms with Crippen molar-refractivity contribution in [2.24, 2.45) is 0 Å². The molecule has 0 spiro atoms. The van der Waals surface area contributed by atoms with Gasteiger partial charge in [0, 0.05) is 25.8 Å². The molecule has 104 valence electrons. The smallest absolute Gasteiger partial charge is 0.219 e. The Bertz CT molecular complexity index is 274. The monoisotopic (exact) mass is 255 g/mol. The van der Waals surface area contributed by atoms with Gasteiger partial charge >= 0.3 is 0 Å². The normalized spacial score (nSPS) is 10.1. The van der Waals surface area contributed by atoms with Crippen molar-refractivity contribution in [2.75, 3.05) is 6.54 Å². The van der Waals surface area contributed by atoms with Crippen LogP contribution in [0.3, 0.4) is 0 Å². The second-order valence-corrected chi connectivity index (χ2v) is 4.77. The predicted octanol–water partition coefficient (Wildman–Crippen LogP) is 2.40. The maximum atomic E-state index is 11.4. The molecule has 18 heavy (non-hydrogen) atoms. The van der Waals surface area contributed by atoms with Gasteiger partial charge in [0.2, 0.25) is 5.91 Å². The molecule has 0 bridgehead atoms. The molecule has 0 rings (SSSR count). The molecule has 0 aromatic heterocycles. The van der Waals surface area contributed by atoms with Crippen molar-refractivity contribution in [1.29, 1.82) is 0 Å². The van der Waals surface area contributed by atoms with Crippen LogP contribution in [0.4, 0.5) is 0 Å². The lowest BCUT2D eigenvalue weighted by Crippen LogP contribution is -2.24. The minimum Gasteiger partial charge on any atom is -0.356 e. The highest BCUT2D eigenvalue weighted by Gasteiger charge is 2.01. The fourth-order valence-electron chi connectivity index (χ4n) is 1.65. The molecule has 4 heteroatoms. The topological polar surface area (TPSA) is 63.2 Å². The van der Waals surface area contributed by atoms with Crippen LogP contribution in [-0.4, -0.2) is 24.0 Å². The van der Waals surface area contributed by atoms with E-state index < -0.39 is 0 Å². The van der Waals surface area contributed by atoms with Gasteiger partial charge in [-0.05, 0) is 39.5 Å². The third kappa shape index (κ3) is 12.9. The Morgan fingerprint density at radius 2 is 1.22 bits per heavy atom. The van der Waals surface area contributed by atoms with Gasteiger partial charge in [0.15, 0.2) is 0 Å². The zero-order valence-corrected chi connectivity index (χ0v) is 11.6. The third-order valence-corrected chi connectivity index (χ3v) is 2.71. The van der Waals surface area contributed by atoms with Crippen LogP contribution in [0.25, 0.3) is 0 Å². The van der Waals surface area contributed by atoms with E-state index in [0.29, 0.717) is 25.8 Å². The Morgan fingerprint density at radius 3 is 1.78 bits per heavy atom. The van der Waals surface area contributed by atoms with Gasteiger partial charge in [-0.1, -0.05) is 6.42 Å². The van der Waals surface area contributed by atoms with Crippen LogP contribution in [0.2, 0.25) is 0 Å². The van der Waals surface area contributed by atoms with Crippen LogP contribution in [0, 0.1) is 0 Å². The molecule has 0 fully saturated rings. The van der Waals surface area contributed by atoms with E-state index >= 15 is 0 Å². The average molecular weight is 255 g/mol. The third-order valence-electron chi connectivity index (χ3n) is 2.71. The predicted molar refractivity (Wildman–Crippen MR) is 71.3 cm³/mol. The molecule has 0 aromatic rings. The number of unbranched alkanes of at least 4 members (excludes halogenated alkanes) is 3. The number of carbonyl (C=O) groups is 3. The first-order chi connectivity index (χ1) is 8.52. The minimum atomic E-state index is 0.0603. The van der Waals surface area contributed by atoms with Crippen LogP contribution in [0.5, 0.6) is 0 Å². The van der Waals surface area contributed by atoms with Gasteiger partial charge in [0.05, 0.1) is 0 Å². The zero-order chi connectivity index (χ0) is 13.8. The van der Waals surface area contributed by atoms with Crippen molar-refractivity contribution < 1.29 is 14.4 Å². The molecule has 0 saturated carbocycles. The van der Waals surface area contributed by atoms with Gasteiger partial charge in [-0.2, -0.15) is 0 Å². The van der Waals surface area contributed by atoms with Crippen molar-refractivity contribution in [3.8, 4) is 0 Å². The first-order valence-corrected chi connectivity index (χ1v) is 6.78. The number of rotatable bonds is 11. The lowest BCUT2D eigenvalue weighted by Gasteiger charge is -2.04. The molecule has 4 nitrogen and oxygen atoms in total. The van der Waals surface area contributed by atoms with Gasteiger partial charge in [0.25, 0.3) is 0 Å². The van der Waals surface area contributed by atoms with Crippen molar-refractivity contribution >= 4 is 17.5 Å². The summed E-state index contributed by atoms with van der Waals surface area (Å²) in [4.78, 5) is 32.7. The minimum absolute atomic E-state index is 0.0603. The summed E-state index contributed by atoms with van der Waals surface area (Å²) in [5, 5.41) is 2.85. The van der Waals surface area contributed by atoms with E-state index in [1.807, 2.05) is 0 Å². The van der Waals surface area contributed by atoms with E-state index in [-0.39, 0.29) is 17.5 Å². The van der Waals surface area contributed by atoms with Gasteiger partial charge in [0.1, 0.15) is 11.6 Å². The number of hydrogen-bond donors (Lipinski definition) is 1. The van der Waals surface area contributed by atoms with Crippen molar-refractivity contribution in [3.05, 3.63) is 0 Å². The zero-order valence-electron chi connectivity index (χ0n) is 11.6. The summed E-state index contributed by atoms with van der Waals surface area (Å²) in [5.74, 6) is 0.468. The lowest BCUT2D eigenvalue weighted by molar-refractivity contribution is -0.122. The Hall–Kier alpha value is -1.19. The molecule has 0 aliphatic heterocycles. The highest BCUT2D eigenvalue weighted by atomic mass is 16.1. The Morgan fingerprint density at radius 1 is 0.722 bits per heavy atom. The van der Waals surface area contributed by atoms with E-state index in [9.17, 15) is 14.4 Å². The molecular weight excluding hydrogens is 230 g/mol. The van der Waals surface area contributed by atoms with E-state index in [1.54, 1.807) is 13.8 Å². The maximum absolute atomic E-state index is 11.4. The number of hydrogen-bond acceptors (Lipinski definition) is 3. The maximum Gasteiger partial charge on any atom is 0.219 e. The van der Waals surface area contributed by atoms with Crippen LogP contribution in [-0.2, 0) is 14.4 Å². The summed E-state index contributed by atoms with van der Waals surface area (Å²) < 4.78 is 0. The molecule has 0 aliphatic carbocycles. The fraction of sp³-hybridized carbons (Fsp3) is 0.786. The first-order valence-electron chi connectivity index (χ1n) is 6.78. The van der Waals surface area contributed by atoms with Crippen molar-refractivity contribution in [3.63, 3.8) is 0 Å². The van der Waals surface area contributed by atoms with Gasteiger partial charge in [-0.25, -0.2) is 0 Å². The van der Waals surface area contributed by atoms with Crippen LogP contribution >= 0.6 is 0 Å². The quantitative estimate of drug-likeness (QED) is 0.577. The van der Waals surface area contributed by atoms with E-state index in [4.69, 9.17) is 0 Å². The number of amides is 1. The average Bonchev–Trinajstić information content (AvgIpc) is 2.28. The highest BCUT2D eigenvalue weighted by Crippen LogP contribution is 2.01. The SMILES string of the molecule is CC(=O)CCCCCNC(=O)CCCCC(C)=O. The summed E-state index contributed by atoms with van der Waals surface area (Å²) in [6.45, 7) is 3.85. The second-order valence-electron chi connectivity index (χ2n) is 4.77. The number of carbonyl (C=O) groups excluding carboxylic acids is 3. The molecule has 0 radical (unpaired) electrons. The molecule has 0 saturated heterocycles. The Labute approximate surface area is 110 Å². The van der Waals surface area contributed by atoms with Gasteiger partial charge in [-0.15, -0.1) is 0 Å². The molecule has 0 atom stereocenters. The molecule has 0 aromatic carbocycles. The van der Waals surface area contributed by atoms with E-state index in [0.717, 1.165) is 32.1 Å². The largest absolute Gasteiger partial charge is 0.356 e. The molecule has 0 unspecified atom stereocenters. The van der Waals surface area contributed by atoms with E-state index in [2.05, 4.69) is 5.32 Å². The summed E-state index contributed by atoms with van der Waals surface area (Å²) in [7, 11) is 0. The van der Waals surface area contributed by atoms with Gasteiger partial charge < -0.3 is 14.9 Å². The second kappa shape index (κ2) is 10.9. The van der Waals surface area contributed by atoms with Crippen LogP contribution < -0.4 is 5.32 Å². The summed E-state index contributed by atoms with van der Waals surface area (Å²) >= 11 is 0. The van der Waals surface area contributed by atoms with Gasteiger partial charge in [-0.3, -0.25) is 4.79 Å². The standard InChI is InChI=1S/C14H25NO3/c1-12(16)8-4-3-7-11-15-14(18)10-6-5-9-13(2)17/h3-11H2,1-2H3,(H,15,18). The molecular formula is C14H25NO3. The molecule has 1 amide bonds. The van der Waals surface area contributed by atoms with E-state index in [1.165, 1.54) is 0 Å². The Balaban J connectivity index is 3.26. The molecule has 0 heterocycles.